The van der Waals surface area contributed by atoms with Gasteiger partial charge in [-0.2, -0.15) is 13.2 Å². The fraction of sp³-hybridized carbons (Fsp3) is 1.00. The Morgan fingerprint density at radius 3 is 1.79 bits per heavy atom. The molecule has 0 aromatic carbocycles. The fourth-order valence-electron chi connectivity index (χ4n) is 1.10. The molecule has 0 aromatic rings. The van der Waals surface area contributed by atoms with Crippen molar-refractivity contribution in [3.8, 4) is 0 Å². The highest BCUT2D eigenvalue weighted by Gasteiger charge is 2.38. The molecule has 116 valence electrons. The topological polar surface area (TPSA) is 62.9 Å². The predicted octanol–water partition coefficient (Wildman–Crippen LogP) is 0.820. The molecule has 0 fully saturated rings. The van der Waals surface area contributed by atoms with Crippen LogP contribution in [0.5, 0.6) is 0 Å². The second kappa shape index (κ2) is 11.4. The molecule has 0 heterocycles. The Bertz CT molecular complexity index is 205. The Morgan fingerprint density at radius 2 is 1.37 bits per heavy atom. The highest BCUT2D eigenvalue weighted by Crippen LogP contribution is 2.25. The van der Waals surface area contributed by atoms with E-state index in [4.69, 9.17) is 24.7 Å². The lowest BCUT2D eigenvalue weighted by Crippen LogP contribution is -2.34. The zero-order valence-electron chi connectivity index (χ0n) is 11.1. The summed E-state index contributed by atoms with van der Waals surface area (Å²) in [4.78, 5) is 0. The summed E-state index contributed by atoms with van der Waals surface area (Å²) in [5, 5.41) is 0. The molecular formula is C11H22F3NO4. The summed E-state index contributed by atoms with van der Waals surface area (Å²) < 4.78 is 56.7. The summed E-state index contributed by atoms with van der Waals surface area (Å²) in [6.45, 7) is 1.20. The molecule has 1 atom stereocenters. The van der Waals surface area contributed by atoms with Gasteiger partial charge in [-0.15, -0.1) is 0 Å². The minimum absolute atomic E-state index is 0.102. The Hall–Kier alpha value is -0.410. The van der Waals surface area contributed by atoms with Crippen LogP contribution in [0.25, 0.3) is 0 Å². The van der Waals surface area contributed by atoms with Crippen molar-refractivity contribution in [3.63, 3.8) is 0 Å². The van der Waals surface area contributed by atoms with E-state index in [9.17, 15) is 13.2 Å². The van der Waals surface area contributed by atoms with E-state index in [2.05, 4.69) is 0 Å². The third-order valence-corrected chi connectivity index (χ3v) is 2.24. The summed E-state index contributed by atoms with van der Waals surface area (Å²) >= 11 is 0. The predicted molar refractivity (Wildman–Crippen MR) is 62.9 cm³/mol. The van der Waals surface area contributed by atoms with E-state index in [-0.39, 0.29) is 13.2 Å². The summed E-state index contributed by atoms with van der Waals surface area (Å²) in [6, 6.07) is 0. The number of alkyl halides is 3. The van der Waals surface area contributed by atoms with Crippen molar-refractivity contribution in [1.29, 1.82) is 0 Å². The van der Waals surface area contributed by atoms with Crippen LogP contribution in [-0.4, -0.2) is 66.1 Å². The summed E-state index contributed by atoms with van der Waals surface area (Å²) in [7, 11) is 1.58. The molecular weight excluding hydrogens is 267 g/mol. The van der Waals surface area contributed by atoms with Crippen molar-refractivity contribution in [2.75, 3.05) is 59.9 Å². The van der Waals surface area contributed by atoms with Crippen molar-refractivity contribution in [2.24, 2.45) is 11.7 Å². The summed E-state index contributed by atoms with van der Waals surface area (Å²) in [5.41, 5.74) is 5.02. The number of hydrogen-bond acceptors (Lipinski definition) is 5. The van der Waals surface area contributed by atoms with Crippen LogP contribution >= 0.6 is 0 Å². The lowest BCUT2D eigenvalue weighted by molar-refractivity contribution is -0.186. The molecule has 5 nitrogen and oxygen atoms in total. The van der Waals surface area contributed by atoms with E-state index in [1.807, 2.05) is 0 Å². The third kappa shape index (κ3) is 11.1. The van der Waals surface area contributed by atoms with Crippen LogP contribution in [-0.2, 0) is 18.9 Å². The van der Waals surface area contributed by atoms with Crippen LogP contribution < -0.4 is 5.73 Å². The smallest absolute Gasteiger partial charge is 0.382 e. The molecule has 0 saturated heterocycles. The Kier molecular flexibility index (Phi) is 11.2. The van der Waals surface area contributed by atoms with Crippen molar-refractivity contribution in [3.05, 3.63) is 0 Å². The van der Waals surface area contributed by atoms with Crippen LogP contribution in [0.15, 0.2) is 0 Å². The van der Waals surface area contributed by atoms with E-state index < -0.39 is 25.2 Å². The first-order valence-corrected chi connectivity index (χ1v) is 6.01. The Morgan fingerprint density at radius 1 is 0.895 bits per heavy atom. The van der Waals surface area contributed by atoms with Gasteiger partial charge in [0, 0.05) is 13.7 Å². The Balaban J connectivity index is 3.31. The number of halogens is 3. The zero-order chi connectivity index (χ0) is 14.6. The first-order valence-electron chi connectivity index (χ1n) is 6.01. The minimum atomic E-state index is -4.31. The van der Waals surface area contributed by atoms with Gasteiger partial charge in [0.2, 0.25) is 0 Å². The molecule has 2 N–H and O–H groups in total. The van der Waals surface area contributed by atoms with Gasteiger partial charge in [-0.1, -0.05) is 0 Å². The standard InChI is InChI=1S/C11H22F3NO4/c1-16-2-3-17-4-5-18-6-7-19-9-10(8-15)11(12,13)14/h10H,2-9,15H2,1H3. The van der Waals surface area contributed by atoms with Crippen LogP contribution in [0.1, 0.15) is 0 Å². The van der Waals surface area contributed by atoms with Crippen molar-refractivity contribution >= 4 is 0 Å². The summed E-state index contributed by atoms with van der Waals surface area (Å²) in [5.74, 6) is -1.62. The number of hydrogen-bond donors (Lipinski definition) is 1. The molecule has 0 rings (SSSR count). The molecule has 0 aliphatic carbocycles. The molecule has 0 aromatic heterocycles. The highest BCUT2D eigenvalue weighted by molar-refractivity contribution is 4.67. The SMILES string of the molecule is COCCOCCOCCOCC(CN)C(F)(F)F. The van der Waals surface area contributed by atoms with Crippen LogP contribution in [0, 0.1) is 5.92 Å². The van der Waals surface area contributed by atoms with Gasteiger partial charge in [-0.25, -0.2) is 0 Å². The average molecular weight is 289 g/mol. The molecule has 0 bridgehead atoms. The first-order chi connectivity index (χ1) is 9.02. The van der Waals surface area contributed by atoms with Gasteiger partial charge < -0.3 is 24.7 Å². The van der Waals surface area contributed by atoms with Crippen molar-refractivity contribution in [2.45, 2.75) is 6.18 Å². The fourth-order valence-corrected chi connectivity index (χ4v) is 1.10. The molecule has 0 amide bonds. The summed E-state index contributed by atoms with van der Waals surface area (Å²) in [6.07, 6.45) is -4.31. The molecule has 0 spiro atoms. The number of methoxy groups -OCH3 is 1. The minimum Gasteiger partial charge on any atom is -0.382 e. The van der Waals surface area contributed by atoms with Crippen molar-refractivity contribution < 1.29 is 32.1 Å². The lowest BCUT2D eigenvalue weighted by Gasteiger charge is -2.18. The van der Waals surface area contributed by atoms with Crippen LogP contribution in [0.4, 0.5) is 13.2 Å². The molecule has 0 saturated carbocycles. The molecule has 0 aliphatic heterocycles. The van der Waals surface area contributed by atoms with Gasteiger partial charge in [0.1, 0.15) is 0 Å². The maximum Gasteiger partial charge on any atom is 0.395 e. The van der Waals surface area contributed by atoms with E-state index in [0.717, 1.165) is 0 Å². The van der Waals surface area contributed by atoms with Crippen molar-refractivity contribution in [1.82, 2.24) is 0 Å². The monoisotopic (exact) mass is 289 g/mol. The van der Waals surface area contributed by atoms with E-state index in [1.165, 1.54) is 0 Å². The number of nitrogens with two attached hydrogens (primary N) is 1. The van der Waals surface area contributed by atoms with Gasteiger partial charge >= 0.3 is 6.18 Å². The zero-order valence-corrected chi connectivity index (χ0v) is 11.1. The van der Waals surface area contributed by atoms with Gasteiger partial charge in [0.25, 0.3) is 0 Å². The molecule has 8 heteroatoms. The normalized spacial score (nSPS) is 13.7. The largest absolute Gasteiger partial charge is 0.395 e. The van der Waals surface area contributed by atoms with Crippen LogP contribution in [0.3, 0.4) is 0 Å². The van der Waals surface area contributed by atoms with Gasteiger partial charge in [0.15, 0.2) is 0 Å². The first kappa shape index (κ1) is 18.6. The lowest BCUT2D eigenvalue weighted by atomic mass is 10.1. The quantitative estimate of drug-likeness (QED) is 0.539. The molecule has 0 radical (unpaired) electrons. The van der Waals surface area contributed by atoms with E-state index in [0.29, 0.717) is 26.4 Å². The highest BCUT2D eigenvalue weighted by atomic mass is 19.4. The maximum atomic E-state index is 12.3. The van der Waals surface area contributed by atoms with Gasteiger partial charge in [-0.05, 0) is 0 Å². The van der Waals surface area contributed by atoms with Crippen LogP contribution in [0.2, 0.25) is 0 Å². The maximum absolute atomic E-state index is 12.3. The number of ether oxygens (including phenoxy) is 4. The van der Waals surface area contributed by atoms with E-state index >= 15 is 0 Å². The second-order valence-electron chi connectivity index (χ2n) is 3.77. The second-order valence-corrected chi connectivity index (χ2v) is 3.77. The molecule has 19 heavy (non-hydrogen) atoms. The average Bonchev–Trinajstić information content (AvgIpc) is 2.34. The molecule has 0 aliphatic rings. The van der Waals surface area contributed by atoms with E-state index in [1.54, 1.807) is 7.11 Å². The molecule has 1 unspecified atom stereocenters. The van der Waals surface area contributed by atoms with Gasteiger partial charge in [0.05, 0.1) is 52.2 Å². The van der Waals surface area contributed by atoms with Gasteiger partial charge in [-0.3, -0.25) is 0 Å². The third-order valence-electron chi connectivity index (χ3n) is 2.24. The Labute approximate surface area is 111 Å². The number of rotatable bonds is 12.